The Morgan fingerprint density at radius 1 is 1.18 bits per heavy atom. The number of hydrazine groups is 1. The number of hydrogen-bond donors (Lipinski definition) is 2. The molecule has 0 saturated carbocycles. The van der Waals surface area contributed by atoms with E-state index in [1.807, 2.05) is 48.0 Å². The second-order valence-corrected chi connectivity index (χ2v) is 9.17. The minimum Gasteiger partial charge on any atom is -0.487 e. The number of urea groups is 1. The number of carbonyl (C=O) groups excluding carboxylic acids is 1. The van der Waals surface area contributed by atoms with E-state index in [4.69, 9.17) is 27.3 Å². The van der Waals surface area contributed by atoms with Crippen LogP contribution < -0.4 is 15.9 Å². The van der Waals surface area contributed by atoms with Gasteiger partial charge in [0.1, 0.15) is 12.4 Å². The number of nitrogens with one attached hydrogen (secondary N) is 1. The lowest BCUT2D eigenvalue weighted by Crippen LogP contribution is -2.37. The highest BCUT2D eigenvalue weighted by Crippen LogP contribution is 2.31. The molecule has 8 heteroatoms. The standard InChI is InChI=1S/C25H32ClN5O2/c1-15(2)22-13-23(16(3)4)31(29-22)18-10-11-24(20(26)12-18)33-14-19-17(5)8-7-9-21(19)28-25(32)30(6)27/h7-13,15-16H,14,27H2,1-6H3,(H,28,32). The van der Waals surface area contributed by atoms with Gasteiger partial charge in [0.2, 0.25) is 0 Å². The molecule has 0 aliphatic heterocycles. The predicted molar refractivity (Wildman–Crippen MR) is 133 cm³/mol. The van der Waals surface area contributed by atoms with Crippen LogP contribution in [0, 0.1) is 6.92 Å². The van der Waals surface area contributed by atoms with Crippen molar-refractivity contribution >= 4 is 23.3 Å². The number of benzene rings is 2. The molecule has 0 aliphatic rings. The first-order valence-corrected chi connectivity index (χ1v) is 11.4. The highest BCUT2D eigenvalue weighted by Gasteiger charge is 2.16. The molecule has 0 atom stereocenters. The molecule has 0 bridgehead atoms. The smallest absolute Gasteiger partial charge is 0.335 e. The summed E-state index contributed by atoms with van der Waals surface area (Å²) in [6, 6.07) is 13.1. The Hall–Kier alpha value is -3.03. The number of anilines is 1. The molecule has 2 amide bonds. The van der Waals surface area contributed by atoms with Crippen LogP contribution in [0.2, 0.25) is 5.02 Å². The SMILES string of the molecule is Cc1cccc(NC(=O)N(C)N)c1COc1ccc(-n2nc(C(C)C)cc2C(C)C)cc1Cl. The van der Waals surface area contributed by atoms with Crippen LogP contribution in [-0.4, -0.2) is 27.9 Å². The van der Waals surface area contributed by atoms with Crippen LogP contribution >= 0.6 is 11.6 Å². The zero-order valence-corrected chi connectivity index (χ0v) is 20.8. The Morgan fingerprint density at radius 3 is 2.52 bits per heavy atom. The van der Waals surface area contributed by atoms with Gasteiger partial charge in [-0.05, 0) is 54.7 Å². The normalized spacial score (nSPS) is 11.2. The molecule has 0 aliphatic carbocycles. The van der Waals surface area contributed by atoms with E-state index in [2.05, 4.69) is 39.1 Å². The molecule has 0 spiro atoms. The van der Waals surface area contributed by atoms with Crippen molar-refractivity contribution in [2.75, 3.05) is 12.4 Å². The minimum atomic E-state index is -0.412. The highest BCUT2D eigenvalue weighted by molar-refractivity contribution is 6.32. The van der Waals surface area contributed by atoms with Crippen LogP contribution in [0.25, 0.3) is 5.69 Å². The van der Waals surface area contributed by atoms with Gasteiger partial charge in [0.05, 0.1) is 16.4 Å². The van der Waals surface area contributed by atoms with E-state index in [1.165, 1.54) is 7.05 Å². The summed E-state index contributed by atoms with van der Waals surface area (Å²) in [6.07, 6.45) is 0. The number of halogens is 1. The van der Waals surface area contributed by atoms with Gasteiger partial charge in [0.25, 0.3) is 0 Å². The first kappa shape index (κ1) is 24.6. The molecule has 33 heavy (non-hydrogen) atoms. The van der Waals surface area contributed by atoms with Crippen LogP contribution in [-0.2, 0) is 6.61 Å². The monoisotopic (exact) mass is 469 g/mol. The third-order valence-electron chi connectivity index (χ3n) is 5.44. The van der Waals surface area contributed by atoms with Gasteiger partial charge in [-0.2, -0.15) is 5.10 Å². The Balaban J connectivity index is 1.84. The van der Waals surface area contributed by atoms with Crippen molar-refractivity contribution in [3.05, 3.63) is 70.0 Å². The number of aromatic nitrogens is 2. The van der Waals surface area contributed by atoms with E-state index < -0.39 is 6.03 Å². The largest absolute Gasteiger partial charge is 0.487 e. The second-order valence-electron chi connectivity index (χ2n) is 8.76. The number of nitrogens with zero attached hydrogens (tertiary/aromatic N) is 3. The van der Waals surface area contributed by atoms with Gasteiger partial charge in [-0.15, -0.1) is 0 Å². The van der Waals surface area contributed by atoms with Gasteiger partial charge in [0, 0.05) is 24.0 Å². The van der Waals surface area contributed by atoms with Gasteiger partial charge >= 0.3 is 6.03 Å². The van der Waals surface area contributed by atoms with Crippen molar-refractivity contribution < 1.29 is 9.53 Å². The number of nitrogens with two attached hydrogens (primary N) is 1. The molecule has 1 heterocycles. The minimum absolute atomic E-state index is 0.242. The van der Waals surface area contributed by atoms with Crippen molar-refractivity contribution in [1.82, 2.24) is 14.8 Å². The molecule has 7 nitrogen and oxygen atoms in total. The molecular weight excluding hydrogens is 438 g/mol. The number of rotatable bonds is 7. The lowest BCUT2D eigenvalue weighted by molar-refractivity contribution is 0.223. The lowest BCUT2D eigenvalue weighted by atomic mass is 10.1. The molecule has 3 aromatic rings. The fraction of sp³-hybridized carbons (Fsp3) is 0.360. The molecule has 176 valence electrons. The van der Waals surface area contributed by atoms with E-state index in [0.717, 1.165) is 33.2 Å². The highest BCUT2D eigenvalue weighted by atomic mass is 35.5. The molecule has 3 rings (SSSR count). The predicted octanol–water partition coefficient (Wildman–Crippen LogP) is 6.00. The molecule has 0 unspecified atom stereocenters. The summed E-state index contributed by atoms with van der Waals surface area (Å²) >= 11 is 6.59. The summed E-state index contributed by atoms with van der Waals surface area (Å²) in [7, 11) is 1.48. The molecule has 1 aromatic heterocycles. The first-order chi connectivity index (χ1) is 15.6. The number of aryl methyl sites for hydroxylation is 1. The lowest BCUT2D eigenvalue weighted by Gasteiger charge is -2.17. The van der Waals surface area contributed by atoms with E-state index in [0.29, 0.717) is 28.3 Å². The molecule has 0 radical (unpaired) electrons. The third-order valence-corrected chi connectivity index (χ3v) is 5.74. The fourth-order valence-electron chi connectivity index (χ4n) is 3.42. The van der Waals surface area contributed by atoms with Crippen LogP contribution in [0.3, 0.4) is 0 Å². The average molecular weight is 470 g/mol. The summed E-state index contributed by atoms with van der Waals surface area (Å²) in [5.74, 6) is 6.75. The topological polar surface area (TPSA) is 85.4 Å². The van der Waals surface area contributed by atoms with Crippen LogP contribution in [0.4, 0.5) is 10.5 Å². The molecular formula is C25H32ClN5O2. The average Bonchev–Trinajstić information content (AvgIpc) is 3.20. The second kappa shape index (κ2) is 10.3. The Labute approximate surface area is 200 Å². The maximum atomic E-state index is 12.0. The van der Waals surface area contributed by atoms with Gasteiger partial charge in [-0.25, -0.2) is 15.3 Å². The quantitative estimate of drug-likeness (QED) is 0.252. The summed E-state index contributed by atoms with van der Waals surface area (Å²) in [5.41, 5.74) is 5.55. The Kier molecular flexibility index (Phi) is 7.66. The first-order valence-electron chi connectivity index (χ1n) is 11.0. The van der Waals surface area contributed by atoms with Crippen LogP contribution in [0.5, 0.6) is 5.75 Å². The molecule has 2 aromatic carbocycles. The maximum Gasteiger partial charge on any atom is 0.335 e. The van der Waals surface area contributed by atoms with E-state index in [9.17, 15) is 4.79 Å². The van der Waals surface area contributed by atoms with Crippen molar-refractivity contribution in [3.63, 3.8) is 0 Å². The van der Waals surface area contributed by atoms with Gasteiger partial charge in [-0.3, -0.25) is 5.01 Å². The zero-order chi connectivity index (χ0) is 24.3. The maximum absolute atomic E-state index is 12.0. The van der Waals surface area contributed by atoms with E-state index in [1.54, 1.807) is 0 Å². The fourth-order valence-corrected chi connectivity index (χ4v) is 3.65. The van der Waals surface area contributed by atoms with Crippen LogP contribution in [0.1, 0.15) is 62.0 Å². The number of carbonyl (C=O) groups is 1. The summed E-state index contributed by atoms with van der Waals surface area (Å²) in [4.78, 5) is 12.0. The summed E-state index contributed by atoms with van der Waals surface area (Å²) in [6.45, 7) is 10.8. The van der Waals surface area contributed by atoms with Crippen molar-refractivity contribution in [2.45, 2.75) is 53.1 Å². The molecule has 0 saturated heterocycles. The van der Waals surface area contributed by atoms with Gasteiger partial charge in [-0.1, -0.05) is 51.4 Å². The van der Waals surface area contributed by atoms with Gasteiger partial charge < -0.3 is 10.1 Å². The number of hydrogen-bond acceptors (Lipinski definition) is 4. The van der Waals surface area contributed by atoms with Gasteiger partial charge in [0.15, 0.2) is 0 Å². The van der Waals surface area contributed by atoms with Crippen molar-refractivity contribution in [2.24, 2.45) is 5.84 Å². The van der Waals surface area contributed by atoms with Crippen LogP contribution in [0.15, 0.2) is 42.5 Å². The van der Waals surface area contributed by atoms with E-state index >= 15 is 0 Å². The summed E-state index contributed by atoms with van der Waals surface area (Å²) in [5, 5.41) is 9.08. The Bertz CT molecular complexity index is 1140. The zero-order valence-electron chi connectivity index (χ0n) is 20.0. The molecule has 3 N–H and O–H groups in total. The number of amides is 2. The van der Waals surface area contributed by atoms with E-state index in [-0.39, 0.29) is 6.61 Å². The van der Waals surface area contributed by atoms with Crippen molar-refractivity contribution in [1.29, 1.82) is 0 Å². The Morgan fingerprint density at radius 2 is 1.91 bits per heavy atom. The summed E-state index contributed by atoms with van der Waals surface area (Å²) < 4.78 is 7.99. The molecule has 0 fully saturated rings. The number of ether oxygens (including phenoxy) is 1. The van der Waals surface area contributed by atoms with Crippen molar-refractivity contribution in [3.8, 4) is 11.4 Å². The third kappa shape index (κ3) is 5.67.